The number of likely N-dealkylation sites (N-methyl/N-ethyl adjacent to an activating group) is 1. The number of ketones is 3. The van der Waals surface area contributed by atoms with Crippen molar-refractivity contribution in [2.24, 2.45) is 47.0 Å². The van der Waals surface area contributed by atoms with E-state index in [0.29, 0.717) is 49.9 Å². The van der Waals surface area contributed by atoms with Crippen molar-refractivity contribution in [1.29, 1.82) is 0 Å². The Balaban J connectivity index is 1.37. The molecule has 19 nitrogen and oxygen atoms in total. The van der Waals surface area contributed by atoms with Crippen LogP contribution in [0.3, 0.4) is 0 Å². The van der Waals surface area contributed by atoms with Gasteiger partial charge < -0.3 is 51.4 Å². The third kappa shape index (κ3) is 20.1. The van der Waals surface area contributed by atoms with Crippen LogP contribution in [0.5, 0.6) is 0 Å². The number of anilines is 1. The fourth-order valence-corrected chi connectivity index (χ4v) is 11.5. The Labute approximate surface area is 484 Å². The Hall–Kier alpha value is -6.09. The summed E-state index contributed by atoms with van der Waals surface area (Å²) in [5.41, 5.74) is 12.0. The minimum absolute atomic E-state index is 0.0229. The first kappa shape index (κ1) is 67.4. The molecule has 7 N–H and O–H groups in total. The average molecular weight is 1150 g/mol. The standard InChI is InChI=1S/C61H92N8O11S/c1-13-39(6)54(50(78-11)35-52(73)69-29-18-22-47(69)55(79-12)40(7)48(70)33-44(57-64-28-30-81-57)31-41-19-15-14-16-20-41)68(10)58(75)46(37(2)3)34-51(72)61(8,9)67-60(77)80-36-42-23-25-45(26-24-42)66-56(74)43(21-17-27-65-59(63)76)32-49(71)53(62)38(4)5/h14-16,19-20,23-26,28,30,37-40,43-44,46-47,50,53-55H,13,17-18,21-22,27,29,31-36,62H2,1-12H3,(H,66,74)(H,67,77)(H3,63,65,76)/t39-,40-,43+,44+,46-,47-,50+,53-,54-,55+/m0/s1. The zero-order valence-corrected chi connectivity index (χ0v) is 50.7. The van der Waals surface area contributed by atoms with E-state index in [9.17, 15) is 38.4 Å². The molecule has 81 heavy (non-hydrogen) atoms. The van der Waals surface area contributed by atoms with Crippen LogP contribution < -0.4 is 27.4 Å². The predicted octanol–water partition coefficient (Wildman–Crippen LogP) is 8.23. The number of nitrogens with zero attached hydrogens (tertiary/aromatic N) is 3. The quantitative estimate of drug-likeness (QED) is 0.0353. The summed E-state index contributed by atoms with van der Waals surface area (Å²) in [6.45, 7) is 17.0. The lowest BCUT2D eigenvalue weighted by Crippen LogP contribution is -2.55. The summed E-state index contributed by atoms with van der Waals surface area (Å²) < 4.78 is 17.7. The van der Waals surface area contributed by atoms with E-state index >= 15 is 0 Å². The van der Waals surface area contributed by atoms with Gasteiger partial charge in [0.2, 0.25) is 17.7 Å². The molecule has 3 aromatic rings. The molecule has 1 aliphatic heterocycles. The summed E-state index contributed by atoms with van der Waals surface area (Å²) in [5.74, 6) is -4.00. The highest BCUT2D eigenvalue weighted by molar-refractivity contribution is 7.09. The van der Waals surface area contributed by atoms with E-state index < -0.39 is 59.7 Å². The summed E-state index contributed by atoms with van der Waals surface area (Å²) in [6.07, 6.45) is 3.14. The number of nitrogens with two attached hydrogens (primary N) is 2. The van der Waals surface area contributed by atoms with Crippen molar-refractivity contribution in [1.82, 2.24) is 25.4 Å². The van der Waals surface area contributed by atoms with Gasteiger partial charge in [-0.1, -0.05) is 97.4 Å². The number of thiazole rings is 1. The van der Waals surface area contributed by atoms with Crippen LogP contribution in [-0.2, 0) is 56.0 Å². The van der Waals surface area contributed by atoms with Crippen LogP contribution in [0.1, 0.15) is 142 Å². The van der Waals surface area contributed by atoms with Crippen LogP contribution in [-0.4, -0.2) is 132 Å². The lowest BCUT2D eigenvalue weighted by molar-refractivity contribution is -0.149. The smallest absolute Gasteiger partial charge is 0.408 e. The second-order valence-electron chi connectivity index (χ2n) is 23.1. The van der Waals surface area contributed by atoms with Gasteiger partial charge >= 0.3 is 12.1 Å². The van der Waals surface area contributed by atoms with Gasteiger partial charge in [0.05, 0.1) is 47.3 Å². The Kier molecular flexibility index (Phi) is 27.1. The molecule has 1 fully saturated rings. The molecular formula is C61H92N8O11S. The number of aromatic nitrogens is 1. The normalized spacial score (nSPS) is 17.0. The average Bonchev–Trinajstić information content (AvgIpc) is 4.24. The second kappa shape index (κ2) is 32.5. The lowest BCUT2D eigenvalue weighted by atomic mass is 9.83. The van der Waals surface area contributed by atoms with E-state index in [2.05, 4.69) is 33.1 Å². The number of ether oxygens (including phenoxy) is 3. The van der Waals surface area contributed by atoms with Crippen LogP contribution in [0.4, 0.5) is 15.3 Å². The number of likely N-dealkylation sites (tertiary alicyclic amines) is 1. The van der Waals surface area contributed by atoms with Crippen molar-refractivity contribution in [2.45, 2.75) is 175 Å². The minimum Gasteiger partial charge on any atom is -0.445 e. The molecule has 4 rings (SSSR count). The number of methoxy groups -OCH3 is 2. The van der Waals surface area contributed by atoms with E-state index in [1.165, 1.54) is 7.11 Å². The fourth-order valence-electron chi connectivity index (χ4n) is 10.8. The first-order chi connectivity index (χ1) is 38.3. The molecule has 0 spiro atoms. The summed E-state index contributed by atoms with van der Waals surface area (Å²) in [6, 6.07) is 14.4. The van der Waals surface area contributed by atoms with Gasteiger partial charge in [-0.3, -0.25) is 28.8 Å². The number of rotatable bonds is 34. The number of carbonyl (C=O) groups excluding carboxylic acids is 8. The fraction of sp³-hybridized carbons (Fsp3) is 0.623. The van der Waals surface area contributed by atoms with E-state index in [1.54, 1.807) is 74.7 Å². The van der Waals surface area contributed by atoms with Gasteiger partial charge in [0, 0.05) is 94.6 Å². The molecule has 0 unspecified atom stereocenters. The van der Waals surface area contributed by atoms with Gasteiger partial charge in [-0.05, 0) is 87.0 Å². The third-order valence-corrected chi connectivity index (χ3v) is 17.0. The number of hydrogen-bond acceptors (Lipinski definition) is 14. The SMILES string of the molecule is CC[C@H](C)[C@@H]([C@@H](CC(=O)N1CCC[C@H]1[C@H](OC)[C@@H](C)C(=O)C[C@@H](Cc1ccccc1)c1nccs1)OC)N(C)C(=O)[C@@H](CC(=O)C(C)(C)NC(=O)OCc1ccc(NC(=O)[C@H](CCCNC(N)=O)CC(=O)[C@@H](N)C(C)C)cc1)C(C)C. The number of alkyl carbamates (subject to hydrolysis) is 1. The number of Topliss-reactive ketones (excluding diaryl/α,β-unsaturated/α-hetero) is 3. The molecule has 0 bridgehead atoms. The van der Waals surface area contributed by atoms with E-state index in [-0.39, 0.29) is 104 Å². The van der Waals surface area contributed by atoms with Crippen molar-refractivity contribution in [3.05, 3.63) is 82.3 Å². The monoisotopic (exact) mass is 1140 g/mol. The zero-order chi connectivity index (χ0) is 60.1. The molecule has 0 radical (unpaired) electrons. The maximum atomic E-state index is 14.7. The number of urea groups is 1. The number of carbonyl (C=O) groups is 8. The number of hydrogen-bond donors (Lipinski definition) is 5. The van der Waals surface area contributed by atoms with Crippen LogP contribution in [0.2, 0.25) is 0 Å². The lowest BCUT2D eigenvalue weighted by Gasteiger charge is -2.41. The van der Waals surface area contributed by atoms with Gasteiger partial charge in [-0.15, -0.1) is 11.3 Å². The van der Waals surface area contributed by atoms with Crippen LogP contribution >= 0.6 is 11.3 Å². The first-order valence-corrected chi connectivity index (χ1v) is 29.5. The molecule has 1 aromatic heterocycles. The molecule has 0 aliphatic carbocycles. The number of benzene rings is 2. The highest BCUT2D eigenvalue weighted by Gasteiger charge is 2.44. The van der Waals surface area contributed by atoms with Crippen LogP contribution in [0, 0.1) is 35.5 Å². The summed E-state index contributed by atoms with van der Waals surface area (Å²) in [7, 11) is 4.83. The number of nitrogens with one attached hydrogen (secondary N) is 3. The molecule has 1 saturated heterocycles. The summed E-state index contributed by atoms with van der Waals surface area (Å²) in [5, 5.41) is 10.8. The third-order valence-electron chi connectivity index (χ3n) is 16.1. The maximum Gasteiger partial charge on any atom is 0.408 e. The molecule has 2 aromatic carbocycles. The topological polar surface area (TPSA) is 272 Å². The van der Waals surface area contributed by atoms with Crippen molar-refractivity contribution in [3.63, 3.8) is 0 Å². The Bertz CT molecular complexity index is 2510. The Morgan fingerprint density at radius 2 is 1.54 bits per heavy atom. The van der Waals surface area contributed by atoms with E-state index in [0.717, 1.165) is 17.0 Å². The highest BCUT2D eigenvalue weighted by Crippen LogP contribution is 2.34. The van der Waals surface area contributed by atoms with Crippen LogP contribution in [0.25, 0.3) is 0 Å². The highest BCUT2D eigenvalue weighted by atomic mass is 32.1. The first-order valence-electron chi connectivity index (χ1n) is 28.6. The number of primary amides is 1. The summed E-state index contributed by atoms with van der Waals surface area (Å²) >= 11 is 1.54. The van der Waals surface area contributed by atoms with E-state index in [4.69, 9.17) is 25.7 Å². The van der Waals surface area contributed by atoms with Gasteiger partial charge in [-0.2, -0.15) is 0 Å². The van der Waals surface area contributed by atoms with Crippen molar-refractivity contribution >= 4 is 64.2 Å². The summed E-state index contributed by atoms with van der Waals surface area (Å²) in [4.78, 5) is 116. The molecule has 10 atom stereocenters. The molecule has 20 heteroatoms. The van der Waals surface area contributed by atoms with Crippen molar-refractivity contribution in [3.8, 4) is 0 Å². The van der Waals surface area contributed by atoms with Gasteiger partial charge in [0.1, 0.15) is 12.4 Å². The van der Waals surface area contributed by atoms with Crippen LogP contribution in [0.15, 0.2) is 66.2 Å². The molecule has 2 heterocycles. The molecule has 6 amide bonds. The van der Waals surface area contributed by atoms with Gasteiger partial charge in [0.15, 0.2) is 11.6 Å². The maximum absolute atomic E-state index is 14.7. The van der Waals surface area contributed by atoms with Gasteiger partial charge in [-0.25, -0.2) is 14.6 Å². The van der Waals surface area contributed by atoms with Crippen molar-refractivity contribution in [2.75, 3.05) is 39.7 Å². The molecule has 1 aliphatic rings. The zero-order valence-electron chi connectivity index (χ0n) is 49.9. The Morgan fingerprint density at radius 1 is 0.864 bits per heavy atom. The van der Waals surface area contributed by atoms with Crippen molar-refractivity contribution < 1.29 is 52.6 Å². The molecule has 0 saturated carbocycles. The number of amides is 6. The minimum atomic E-state index is -1.43. The molecular weight excluding hydrogens is 1050 g/mol. The predicted molar refractivity (Wildman–Crippen MR) is 314 cm³/mol. The second-order valence-corrected chi connectivity index (χ2v) is 24.0. The molecule has 448 valence electrons. The van der Waals surface area contributed by atoms with Gasteiger partial charge in [0.25, 0.3) is 0 Å². The largest absolute Gasteiger partial charge is 0.445 e. The van der Waals surface area contributed by atoms with E-state index in [1.807, 2.05) is 76.9 Å². The Morgan fingerprint density at radius 3 is 2.12 bits per heavy atom.